The van der Waals surface area contributed by atoms with Crippen molar-refractivity contribution >= 4 is 29.9 Å². The molecule has 3 rings (SSSR count). The molecule has 0 bridgehead atoms. The van der Waals surface area contributed by atoms with Gasteiger partial charge in [0, 0.05) is 45.8 Å². The van der Waals surface area contributed by atoms with Gasteiger partial charge in [-0.2, -0.15) is 8.78 Å². The number of nitrogens with one attached hydrogen (secondary N) is 1. The molecule has 0 aliphatic carbocycles. The minimum absolute atomic E-state index is 0. The molecular weight excluding hydrogens is 509 g/mol. The highest BCUT2D eigenvalue weighted by Gasteiger charge is 2.30. The van der Waals surface area contributed by atoms with Crippen molar-refractivity contribution in [1.82, 2.24) is 15.1 Å². The van der Waals surface area contributed by atoms with E-state index in [0.717, 1.165) is 57.3 Å². The van der Waals surface area contributed by atoms with Gasteiger partial charge in [-0.25, -0.2) is 0 Å². The van der Waals surface area contributed by atoms with Crippen LogP contribution in [-0.4, -0.2) is 81.5 Å². The Morgan fingerprint density at radius 2 is 2.03 bits per heavy atom. The number of hydrogen-bond donors (Lipinski definition) is 1. The largest absolute Gasteiger partial charge is 0.490 e. The van der Waals surface area contributed by atoms with Crippen molar-refractivity contribution in [2.45, 2.75) is 32.5 Å². The Morgan fingerprint density at radius 3 is 2.70 bits per heavy atom. The van der Waals surface area contributed by atoms with Crippen LogP contribution in [0.25, 0.3) is 0 Å². The Balaban J connectivity index is 0.00000320. The van der Waals surface area contributed by atoms with Crippen molar-refractivity contribution in [1.29, 1.82) is 0 Å². The maximum absolute atomic E-state index is 12.6. The number of alkyl halides is 2. The second-order valence-corrected chi connectivity index (χ2v) is 7.03. The van der Waals surface area contributed by atoms with E-state index >= 15 is 0 Å². The molecule has 2 fully saturated rings. The predicted molar refractivity (Wildman–Crippen MR) is 122 cm³/mol. The number of nitrogens with zero attached hydrogens (tertiary/aromatic N) is 3. The van der Waals surface area contributed by atoms with E-state index in [1.165, 1.54) is 6.07 Å². The lowest BCUT2D eigenvalue weighted by atomic mass is 10.2. The molecule has 0 radical (unpaired) electrons. The highest BCUT2D eigenvalue weighted by atomic mass is 127. The van der Waals surface area contributed by atoms with Crippen LogP contribution in [-0.2, 0) is 11.3 Å². The Kier molecular flexibility index (Phi) is 10.3. The summed E-state index contributed by atoms with van der Waals surface area (Å²) in [6.45, 7) is 5.26. The number of ether oxygens (including phenoxy) is 3. The Bertz CT molecular complexity index is 690. The van der Waals surface area contributed by atoms with Gasteiger partial charge < -0.3 is 24.4 Å². The summed E-state index contributed by atoms with van der Waals surface area (Å²) in [5.41, 5.74) is 0.903. The fourth-order valence-electron chi connectivity index (χ4n) is 3.81. The van der Waals surface area contributed by atoms with Gasteiger partial charge in [-0.1, -0.05) is 6.07 Å². The van der Waals surface area contributed by atoms with Gasteiger partial charge in [0.25, 0.3) is 0 Å². The molecular formula is C20H31F2IN4O3. The fraction of sp³-hybridized carbons (Fsp3) is 0.650. The van der Waals surface area contributed by atoms with Crippen LogP contribution in [0.4, 0.5) is 8.78 Å². The quantitative estimate of drug-likeness (QED) is 0.326. The van der Waals surface area contributed by atoms with Gasteiger partial charge in [-0.3, -0.25) is 9.89 Å². The van der Waals surface area contributed by atoms with Crippen molar-refractivity contribution in [2.24, 2.45) is 4.99 Å². The maximum Gasteiger partial charge on any atom is 0.387 e. The monoisotopic (exact) mass is 540 g/mol. The van der Waals surface area contributed by atoms with E-state index in [1.54, 1.807) is 26.1 Å². The van der Waals surface area contributed by atoms with Gasteiger partial charge in [0.2, 0.25) is 0 Å². The first-order valence-electron chi connectivity index (χ1n) is 10.1. The van der Waals surface area contributed by atoms with Gasteiger partial charge >= 0.3 is 6.61 Å². The zero-order chi connectivity index (χ0) is 20.6. The van der Waals surface area contributed by atoms with Crippen LogP contribution in [0.2, 0.25) is 0 Å². The molecule has 1 unspecified atom stereocenters. The van der Waals surface area contributed by atoms with Gasteiger partial charge in [-0.15, -0.1) is 24.0 Å². The van der Waals surface area contributed by atoms with Crippen LogP contribution in [0.15, 0.2) is 23.2 Å². The Hall–Kier alpha value is -1.40. The third kappa shape index (κ3) is 6.81. The van der Waals surface area contributed by atoms with Gasteiger partial charge in [0.15, 0.2) is 17.5 Å². The van der Waals surface area contributed by atoms with Crippen molar-refractivity contribution < 1.29 is 23.0 Å². The second-order valence-electron chi connectivity index (χ2n) is 7.03. The molecule has 1 aromatic rings. The third-order valence-electron chi connectivity index (χ3n) is 5.21. The summed E-state index contributed by atoms with van der Waals surface area (Å²) in [4.78, 5) is 9.17. The number of guanidine groups is 1. The molecule has 0 aromatic heterocycles. The Labute approximate surface area is 193 Å². The van der Waals surface area contributed by atoms with Crippen LogP contribution in [0.3, 0.4) is 0 Å². The van der Waals surface area contributed by atoms with Crippen LogP contribution < -0.4 is 14.8 Å². The molecule has 170 valence electrons. The molecule has 7 nitrogen and oxygen atoms in total. The Morgan fingerprint density at radius 1 is 1.27 bits per heavy atom. The number of morpholine rings is 1. The average molecular weight is 540 g/mol. The van der Waals surface area contributed by atoms with Crippen molar-refractivity contribution in [3.63, 3.8) is 0 Å². The topological polar surface area (TPSA) is 58.6 Å². The maximum atomic E-state index is 12.6. The molecule has 10 heteroatoms. The third-order valence-corrected chi connectivity index (χ3v) is 5.21. The zero-order valence-electron chi connectivity index (χ0n) is 17.5. The standard InChI is InChI=1S/C20H30F2N4O3.HI/c1-3-28-18-12-15(4-5-17(18)29-19(21)22)13-24-20(23-2)26-7-6-16(14-26)25-8-10-27-11-9-25;/h4-5,12,16,19H,3,6-11,13-14H2,1-2H3,(H,23,24);1H. The normalized spacial score (nSPS) is 20.2. The molecule has 2 aliphatic heterocycles. The van der Waals surface area contributed by atoms with E-state index in [1.807, 2.05) is 0 Å². The smallest absolute Gasteiger partial charge is 0.387 e. The van der Waals surface area contributed by atoms with Crippen molar-refractivity contribution in [3.05, 3.63) is 23.8 Å². The lowest BCUT2D eigenvalue weighted by Crippen LogP contribution is -2.46. The number of likely N-dealkylation sites (tertiary alicyclic amines) is 1. The second kappa shape index (κ2) is 12.5. The van der Waals surface area contributed by atoms with E-state index in [2.05, 4.69) is 24.8 Å². The highest BCUT2D eigenvalue weighted by molar-refractivity contribution is 14.0. The molecule has 1 N–H and O–H groups in total. The summed E-state index contributed by atoms with van der Waals surface area (Å²) < 4.78 is 40.5. The predicted octanol–water partition coefficient (Wildman–Crippen LogP) is 2.79. The molecule has 0 saturated carbocycles. The van der Waals surface area contributed by atoms with Gasteiger partial charge in [0.1, 0.15) is 0 Å². The summed E-state index contributed by atoms with van der Waals surface area (Å²) in [6.07, 6.45) is 1.11. The van der Waals surface area contributed by atoms with Crippen molar-refractivity contribution in [3.8, 4) is 11.5 Å². The van der Waals surface area contributed by atoms with Gasteiger partial charge in [0.05, 0.1) is 19.8 Å². The molecule has 1 aromatic carbocycles. The number of aliphatic imine (C=N–C) groups is 1. The van der Waals surface area contributed by atoms with E-state index in [-0.39, 0.29) is 29.7 Å². The van der Waals surface area contributed by atoms with E-state index < -0.39 is 6.61 Å². The average Bonchev–Trinajstić information content (AvgIpc) is 3.21. The van der Waals surface area contributed by atoms with Crippen molar-refractivity contribution in [2.75, 3.05) is 53.0 Å². The number of benzene rings is 1. The van der Waals surface area contributed by atoms with Crippen LogP contribution in [0, 0.1) is 0 Å². The number of hydrogen-bond acceptors (Lipinski definition) is 5. The molecule has 2 aliphatic rings. The van der Waals surface area contributed by atoms with Crippen LogP contribution in [0.1, 0.15) is 18.9 Å². The molecule has 0 spiro atoms. The van der Waals surface area contributed by atoms with Gasteiger partial charge in [-0.05, 0) is 31.0 Å². The lowest BCUT2D eigenvalue weighted by Gasteiger charge is -2.32. The lowest BCUT2D eigenvalue weighted by molar-refractivity contribution is -0.0514. The molecule has 2 saturated heterocycles. The van der Waals surface area contributed by atoms with E-state index in [4.69, 9.17) is 9.47 Å². The SMILES string of the molecule is CCOc1cc(CNC(=NC)N2CCC(N3CCOCC3)C2)ccc1OC(F)F.I. The van der Waals surface area contributed by atoms with Crippen LogP contribution in [0.5, 0.6) is 11.5 Å². The first-order valence-corrected chi connectivity index (χ1v) is 10.1. The molecule has 2 heterocycles. The molecule has 0 amide bonds. The zero-order valence-corrected chi connectivity index (χ0v) is 19.8. The number of halogens is 3. The summed E-state index contributed by atoms with van der Waals surface area (Å²) >= 11 is 0. The summed E-state index contributed by atoms with van der Waals surface area (Å²) in [7, 11) is 1.77. The van der Waals surface area contributed by atoms with E-state index in [0.29, 0.717) is 24.9 Å². The summed E-state index contributed by atoms with van der Waals surface area (Å²) in [6, 6.07) is 5.51. The fourth-order valence-corrected chi connectivity index (χ4v) is 3.81. The summed E-state index contributed by atoms with van der Waals surface area (Å²) in [5.74, 6) is 1.20. The molecule has 1 atom stereocenters. The van der Waals surface area contributed by atoms with Crippen LogP contribution >= 0.6 is 24.0 Å². The number of rotatable bonds is 7. The summed E-state index contributed by atoms with van der Waals surface area (Å²) in [5, 5.41) is 3.37. The molecule has 30 heavy (non-hydrogen) atoms. The first-order chi connectivity index (χ1) is 14.1. The first kappa shape index (κ1) is 24.9. The van der Waals surface area contributed by atoms with E-state index in [9.17, 15) is 8.78 Å². The minimum atomic E-state index is -2.88. The minimum Gasteiger partial charge on any atom is -0.490 e. The highest BCUT2D eigenvalue weighted by Crippen LogP contribution is 2.30.